The fourth-order valence-corrected chi connectivity index (χ4v) is 1.78. The predicted octanol–water partition coefficient (Wildman–Crippen LogP) is 2.31. The number of nitriles is 1. The lowest BCUT2D eigenvalue weighted by molar-refractivity contribution is 0.101. The molecule has 1 aromatic rings. The first-order valence-corrected chi connectivity index (χ1v) is 6.18. The van der Waals surface area contributed by atoms with Gasteiger partial charge in [-0.2, -0.15) is 5.26 Å². The third-order valence-electron chi connectivity index (χ3n) is 3.07. The molecule has 0 aliphatic heterocycles. The van der Waals surface area contributed by atoms with Gasteiger partial charge >= 0.3 is 6.03 Å². The number of rotatable bonds is 4. The number of Topliss-reactive ketones (excluding diaryl/α,β-unsaturated/α-hetero) is 1. The largest absolute Gasteiger partial charge is 0.322 e. The molecule has 5 nitrogen and oxygen atoms in total. The topological polar surface area (TPSA) is 82.0 Å². The first-order valence-electron chi connectivity index (χ1n) is 6.18. The molecule has 5 heteroatoms. The average molecular weight is 257 g/mol. The second kappa shape index (κ2) is 5.53. The Bertz CT molecular complexity index is 527. The molecule has 0 heterocycles. The summed E-state index contributed by atoms with van der Waals surface area (Å²) in [5.74, 6) is 0.269. The van der Waals surface area contributed by atoms with E-state index >= 15 is 0 Å². The van der Waals surface area contributed by atoms with Crippen LogP contribution in [-0.4, -0.2) is 17.9 Å². The van der Waals surface area contributed by atoms with Gasteiger partial charge in [0.15, 0.2) is 5.78 Å². The Morgan fingerprint density at radius 2 is 1.95 bits per heavy atom. The molecule has 1 aromatic carbocycles. The molecule has 0 bridgehead atoms. The smallest absolute Gasteiger partial charge is 0.320 e. The summed E-state index contributed by atoms with van der Waals surface area (Å²) in [5, 5.41) is 14.2. The Balaban J connectivity index is 1.91. The van der Waals surface area contributed by atoms with Gasteiger partial charge in [-0.05, 0) is 49.9 Å². The predicted molar refractivity (Wildman–Crippen MR) is 70.7 cm³/mol. The number of carbonyl (C=O) groups excluding carboxylic acids is 2. The van der Waals surface area contributed by atoms with Crippen molar-refractivity contribution in [3.05, 3.63) is 29.8 Å². The minimum absolute atomic E-state index is 0.0192. The molecule has 2 rings (SSSR count). The Hall–Kier alpha value is -2.35. The quantitative estimate of drug-likeness (QED) is 0.812. The lowest BCUT2D eigenvalue weighted by Crippen LogP contribution is -2.38. The van der Waals surface area contributed by atoms with E-state index < -0.39 is 12.1 Å². The standard InChI is InChI=1S/C14H15N3O2/c1-9(18)10-4-6-12(7-5-10)16-14(19)17-13(8-15)11-2-3-11/h4-7,11,13H,2-3H2,1H3,(H2,16,17,19). The molecule has 2 amide bonds. The van der Waals surface area contributed by atoms with Crippen LogP contribution in [-0.2, 0) is 0 Å². The van der Waals surface area contributed by atoms with E-state index in [1.165, 1.54) is 6.92 Å². The van der Waals surface area contributed by atoms with E-state index in [1.807, 2.05) is 0 Å². The van der Waals surface area contributed by atoms with Crippen LogP contribution >= 0.6 is 0 Å². The van der Waals surface area contributed by atoms with Crippen molar-refractivity contribution in [3.8, 4) is 6.07 Å². The molecule has 0 saturated heterocycles. The number of ketones is 1. The van der Waals surface area contributed by atoms with Crippen LogP contribution in [0, 0.1) is 17.2 Å². The highest BCUT2D eigenvalue weighted by Crippen LogP contribution is 2.32. The highest BCUT2D eigenvalue weighted by Gasteiger charge is 2.32. The number of nitrogens with one attached hydrogen (secondary N) is 2. The summed E-state index contributed by atoms with van der Waals surface area (Å²) >= 11 is 0. The number of hydrogen-bond acceptors (Lipinski definition) is 3. The SMILES string of the molecule is CC(=O)c1ccc(NC(=O)NC(C#N)C2CC2)cc1. The summed E-state index contributed by atoms with van der Waals surface area (Å²) in [5.41, 5.74) is 1.19. The molecular weight excluding hydrogens is 242 g/mol. The molecule has 19 heavy (non-hydrogen) atoms. The van der Waals surface area contributed by atoms with Gasteiger partial charge in [0, 0.05) is 11.3 Å². The van der Waals surface area contributed by atoms with Gasteiger partial charge in [0.2, 0.25) is 0 Å². The molecular formula is C14H15N3O2. The molecule has 1 atom stereocenters. The van der Waals surface area contributed by atoms with E-state index in [-0.39, 0.29) is 11.7 Å². The first kappa shape index (κ1) is 13.1. The fourth-order valence-electron chi connectivity index (χ4n) is 1.78. The third kappa shape index (κ3) is 3.55. The van der Waals surface area contributed by atoms with Crippen molar-refractivity contribution in [2.45, 2.75) is 25.8 Å². The summed E-state index contributed by atoms with van der Waals surface area (Å²) < 4.78 is 0. The van der Waals surface area contributed by atoms with Crippen molar-refractivity contribution in [2.75, 3.05) is 5.32 Å². The van der Waals surface area contributed by atoms with E-state index in [0.29, 0.717) is 11.3 Å². The zero-order chi connectivity index (χ0) is 13.8. The lowest BCUT2D eigenvalue weighted by atomic mass is 10.1. The molecule has 0 radical (unpaired) electrons. The zero-order valence-corrected chi connectivity index (χ0v) is 10.6. The van der Waals surface area contributed by atoms with Gasteiger partial charge in [-0.15, -0.1) is 0 Å². The van der Waals surface area contributed by atoms with Gasteiger partial charge < -0.3 is 10.6 Å². The molecule has 1 aliphatic rings. The maximum absolute atomic E-state index is 11.7. The number of benzene rings is 1. The van der Waals surface area contributed by atoms with Crippen LogP contribution in [0.2, 0.25) is 0 Å². The van der Waals surface area contributed by atoms with E-state index in [1.54, 1.807) is 24.3 Å². The van der Waals surface area contributed by atoms with Crippen molar-refractivity contribution in [1.29, 1.82) is 5.26 Å². The van der Waals surface area contributed by atoms with Crippen LogP contribution in [0.3, 0.4) is 0 Å². The van der Waals surface area contributed by atoms with Gasteiger partial charge in [0.05, 0.1) is 6.07 Å². The molecule has 0 spiro atoms. The van der Waals surface area contributed by atoms with E-state index in [2.05, 4.69) is 16.7 Å². The van der Waals surface area contributed by atoms with Crippen molar-refractivity contribution in [1.82, 2.24) is 5.32 Å². The highest BCUT2D eigenvalue weighted by atomic mass is 16.2. The van der Waals surface area contributed by atoms with Gasteiger partial charge in [-0.1, -0.05) is 0 Å². The van der Waals surface area contributed by atoms with Crippen LogP contribution in [0.4, 0.5) is 10.5 Å². The van der Waals surface area contributed by atoms with E-state index in [4.69, 9.17) is 5.26 Å². The molecule has 0 aromatic heterocycles. The number of nitrogens with zero attached hydrogens (tertiary/aromatic N) is 1. The maximum atomic E-state index is 11.7. The minimum Gasteiger partial charge on any atom is -0.322 e. The molecule has 1 fully saturated rings. The van der Waals surface area contributed by atoms with E-state index in [9.17, 15) is 9.59 Å². The van der Waals surface area contributed by atoms with Crippen LogP contribution in [0.1, 0.15) is 30.1 Å². The zero-order valence-electron chi connectivity index (χ0n) is 10.6. The van der Waals surface area contributed by atoms with Crippen LogP contribution in [0.5, 0.6) is 0 Å². The van der Waals surface area contributed by atoms with Crippen molar-refractivity contribution in [2.24, 2.45) is 5.92 Å². The normalized spacial score (nSPS) is 15.2. The van der Waals surface area contributed by atoms with Crippen molar-refractivity contribution >= 4 is 17.5 Å². The summed E-state index contributed by atoms with van der Waals surface area (Å²) in [6.07, 6.45) is 1.98. The number of carbonyl (C=O) groups is 2. The van der Waals surface area contributed by atoms with Crippen molar-refractivity contribution < 1.29 is 9.59 Å². The molecule has 1 saturated carbocycles. The average Bonchev–Trinajstić information content (AvgIpc) is 3.21. The summed E-state index contributed by atoms with van der Waals surface area (Å²) in [6, 6.07) is 7.90. The van der Waals surface area contributed by atoms with Crippen LogP contribution in [0.15, 0.2) is 24.3 Å². The monoisotopic (exact) mass is 257 g/mol. The Labute approximate surface area is 111 Å². The first-order chi connectivity index (χ1) is 9.10. The third-order valence-corrected chi connectivity index (χ3v) is 3.07. The lowest BCUT2D eigenvalue weighted by Gasteiger charge is -2.11. The number of amides is 2. The Morgan fingerprint density at radius 3 is 2.42 bits per heavy atom. The van der Waals surface area contributed by atoms with E-state index in [0.717, 1.165) is 12.8 Å². The molecule has 1 unspecified atom stereocenters. The minimum atomic E-state index is -0.420. The Morgan fingerprint density at radius 1 is 1.32 bits per heavy atom. The van der Waals surface area contributed by atoms with Gasteiger partial charge in [-0.25, -0.2) is 4.79 Å². The molecule has 98 valence electrons. The summed E-state index contributed by atoms with van der Waals surface area (Å²) in [6.45, 7) is 1.49. The number of hydrogen-bond donors (Lipinski definition) is 2. The maximum Gasteiger partial charge on any atom is 0.320 e. The van der Waals surface area contributed by atoms with Crippen LogP contribution < -0.4 is 10.6 Å². The van der Waals surface area contributed by atoms with Gasteiger partial charge in [0.1, 0.15) is 6.04 Å². The second-order valence-electron chi connectivity index (χ2n) is 4.68. The van der Waals surface area contributed by atoms with Gasteiger partial charge in [-0.3, -0.25) is 4.79 Å². The second-order valence-corrected chi connectivity index (χ2v) is 4.68. The number of anilines is 1. The number of urea groups is 1. The van der Waals surface area contributed by atoms with Gasteiger partial charge in [0.25, 0.3) is 0 Å². The fraction of sp³-hybridized carbons (Fsp3) is 0.357. The Kier molecular flexibility index (Phi) is 3.81. The van der Waals surface area contributed by atoms with Crippen LogP contribution in [0.25, 0.3) is 0 Å². The summed E-state index contributed by atoms with van der Waals surface area (Å²) in [4.78, 5) is 22.8. The molecule has 1 aliphatic carbocycles. The van der Waals surface area contributed by atoms with Crippen molar-refractivity contribution in [3.63, 3.8) is 0 Å². The summed E-state index contributed by atoms with van der Waals surface area (Å²) in [7, 11) is 0. The highest BCUT2D eigenvalue weighted by molar-refractivity contribution is 5.95. The molecule has 2 N–H and O–H groups in total.